The Hall–Kier alpha value is -1.81. The molecule has 2 N–H and O–H groups in total. The molecule has 1 aliphatic heterocycles. The minimum absolute atomic E-state index is 0.0443. The van der Waals surface area contributed by atoms with Gasteiger partial charge in [-0.15, -0.1) is 0 Å². The van der Waals surface area contributed by atoms with Crippen molar-refractivity contribution in [1.29, 1.82) is 0 Å². The molecule has 3 nitrogen and oxygen atoms in total. The number of carbonyl (C=O) groups excluding carboxylic acids is 1. The molecule has 1 unspecified atom stereocenters. The van der Waals surface area contributed by atoms with Crippen molar-refractivity contribution >= 4 is 33.2 Å². The summed E-state index contributed by atoms with van der Waals surface area (Å²) in [6.45, 7) is 8.14. The zero-order chi connectivity index (χ0) is 16.8. The Morgan fingerprint density at radius 2 is 1.70 bits per heavy atom. The highest BCUT2D eigenvalue weighted by atomic mass is 79.9. The molecule has 0 aliphatic carbocycles. The second kappa shape index (κ2) is 5.68. The maximum absolute atomic E-state index is 12.6. The Morgan fingerprint density at radius 3 is 2.35 bits per heavy atom. The van der Waals surface area contributed by atoms with E-state index in [4.69, 9.17) is 0 Å². The SMILES string of the molecule is Cc1cc2c(cc1C)C(Nc1ccc(Br)cc1)C(C)(C)C(=O)N2. The summed E-state index contributed by atoms with van der Waals surface area (Å²) < 4.78 is 1.04. The molecule has 0 aromatic heterocycles. The van der Waals surface area contributed by atoms with E-state index in [2.05, 4.69) is 52.5 Å². The van der Waals surface area contributed by atoms with Crippen LogP contribution in [0, 0.1) is 19.3 Å². The van der Waals surface area contributed by atoms with Gasteiger partial charge in [0.2, 0.25) is 5.91 Å². The highest BCUT2D eigenvalue weighted by Gasteiger charge is 2.43. The van der Waals surface area contributed by atoms with Gasteiger partial charge in [0.1, 0.15) is 0 Å². The number of amides is 1. The number of carbonyl (C=O) groups is 1. The van der Waals surface area contributed by atoms with Crippen LogP contribution < -0.4 is 10.6 Å². The third kappa shape index (κ3) is 2.88. The van der Waals surface area contributed by atoms with Gasteiger partial charge >= 0.3 is 0 Å². The minimum Gasteiger partial charge on any atom is -0.377 e. The predicted octanol–water partition coefficient (Wildman–Crippen LogP) is 5.20. The second-order valence-corrected chi connectivity index (χ2v) is 7.70. The third-order valence-corrected chi connectivity index (χ3v) is 5.22. The van der Waals surface area contributed by atoms with Crippen LogP contribution in [0.5, 0.6) is 0 Å². The van der Waals surface area contributed by atoms with Crippen molar-refractivity contribution in [2.45, 2.75) is 33.7 Å². The molecule has 1 heterocycles. The number of benzene rings is 2. The molecule has 0 saturated carbocycles. The van der Waals surface area contributed by atoms with E-state index in [0.29, 0.717) is 0 Å². The average molecular weight is 373 g/mol. The molecule has 1 atom stereocenters. The fourth-order valence-electron chi connectivity index (χ4n) is 2.96. The van der Waals surface area contributed by atoms with E-state index in [-0.39, 0.29) is 11.9 Å². The lowest BCUT2D eigenvalue weighted by atomic mass is 9.75. The first-order chi connectivity index (χ1) is 10.8. The second-order valence-electron chi connectivity index (χ2n) is 6.78. The van der Waals surface area contributed by atoms with Gasteiger partial charge in [-0.25, -0.2) is 0 Å². The standard InChI is InChI=1S/C19H21BrN2O/c1-11-9-15-16(10-12(11)2)22-18(23)19(3,4)17(15)21-14-7-5-13(20)6-8-14/h5-10,17,21H,1-4H3,(H,22,23). The zero-order valence-corrected chi connectivity index (χ0v) is 15.4. The Balaban J connectivity index is 2.07. The van der Waals surface area contributed by atoms with E-state index >= 15 is 0 Å². The maximum Gasteiger partial charge on any atom is 0.232 e. The number of nitrogens with one attached hydrogen (secondary N) is 2. The summed E-state index contributed by atoms with van der Waals surface area (Å²) in [5.74, 6) is 0.0443. The molecule has 3 rings (SSSR count). The lowest BCUT2D eigenvalue weighted by Gasteiger charge is -2.40. The summed E-state index contributed by atoms with van der Waals surface area (Å²) in [5, 5.41) is 6.61. The quantitative estimate of drug-likeness (QED) is 0.760. The molecular weight excluding hydrogens is 352 g/mol. The Bertz CT molecular complexity index is 766. The molecule has 2 aromatic rings. The van der Waals surface area contributed by atoms with Gasteiger partial charge in [-0.2, -0.15) is 0 Å². The van der Waals surface area contributed by atoms with E-state index in [9.17, 15) is 4.79 Å². The summed E-state index contributed by atoms with van der Waals surface area (Å²) in [6, 6.07) is 12.2. The largest absolute Gasteiger partial charge is 0.377 e. The van der Waals surface area contributed by atoms with Gasteiger partial charge in [-0.1, -0.05) is 22.0 Å². The highest BCUT2D eigenvalue weighted by molar-refractivity contribution is 9.10. The lowest BCUT2D eigenvalue weighted by molar-refractivity contribution is -0.125. The summed E-state index contributed by atoms with van der Waals surface area (Å²) in [5.41, 5.74) is 4.93. The molecule has 0 bridgehead atoms. The predicted molar refractivity (Wildman–Crippen MR) is 98.8 cm³/mol. The topological polar surface area (TPSA) is 41.1 Å². The van der Waals surface area contributed by atoms with Crippen molar-refractivity contribution in [2.75, 3.05) is 10.6 Å². The molecule has 23 heavy (non-hydrogen) atoms. The number of rotatable bonds is 2. The Kier molecular flexibility index (Phi) is 3.96. The first kappa shape index (κ1) is 16.1. The fourth-order valence-corrected chi connectivity index (χ4v) is 3.22. The molecule has 1 aliphatic rings. The van der Waals surface area contributed by atoms with Crippen LogP contribution in [0.25, 0.3) is 0 Å². The number of halogens is 1. The van der Waals surface area contributed by atoms with Crippen molar-refractivity contribution in [3.63, 3.8) is 0 Å². The van der Waals surface area contributed by atoms with E-state index < -0.39 is 5.41 Å². The van der Waals surface area contributed by atoms with Gasteiger partial charge in [0.05, 0.1) is 11.5 Å². The Labute approximate surface area is 145 Å². The molecule has 0 spiro atoms. The molecule has 4 heteroatoms. The normalized spacial score (nSPS) is 19.0. The molecular formula is C19H21BrN2O. The van der Waals surface area contributed by atoms with Crippen LogP contribution in [0.1, 0.15) is 36.6 Å². The van der Waals surface area contributed by atoms with Crippen LogP contribution in [0.4, 0.5) is 11.4 Å². The number of fused-ring (bicyclic) bond motifs is 1. The van der Waals surface area contributed by atoms with E-state index in [0.717, 1.165) is 21.4 Å². The van der Waals surface area contributed by atoms with Crippen molar-refractivity contribution in [2.24, 2.45) is 5.41 Å². The van der Waals surface area contributed by atoms with Crippen LogP contribution >= 0.6 is 15.9 Å². The van der Waals surface area contributed by atoms with Crippen molar-refractivity contribution < 1.29 is 4.79 Å². The fraction of sp³-hybridized carbons (Fsp3) is 0.316. The van der Waals surface area contributed by atoms with Crippen molar-refractivity contribution in [3.8, 4) is 0 Å². The Morgan fingerprint density at radius 1 is 1.09 bits per heavy atom. The number of hydrogen-bond donors (Lipinski definition) is 2. The van der Waals surface area contributed by atoms with Gasteiger partial charge in [-0.3, -0.25) is 4.79 Å². The highest BCUT2D eigenvalue weighted by Crippen LogP contribution is 2.44. The minimum atomic E-state index is -0.540. The molecule has 1 amide bonds. The summed E-state index contributed by atoms with van der Waals surface area (Å²) >= 11 is 3.45. The maximum atomic E-state index is 12.6. The number of aryl methyl sites for hydroxylation is 2. The lowest BCUT2D eigenvalue weighted by Crippen LogP contribution is -2.43. The molecule has 120 valence electrons. The summed E-state index contributed by atoms with van der Waals surface area (Å²) in [7, 11) is 0. The van der Waals surface area contributed by atoms with E-state index in [1.807, 2.05) is 38.1 Å². The van der Waals surface area contributed by atoms with Gasteiger partial charge in [0.15, 0.2) is 0 Å². The monoisotopic (exact) mass is 372 g/mol. The molecule has 2 aromatic carbocycles. The number of anilines is 2. The van der Waals surface area contributed by atoms with Crippen LogP contribution in [0.15, 0.2) is 40.9 Å². The van der Waals surface area contributed by atoms with Crippen molar-refractivity contribution in [1.82, 2.24) is 0 Å². The molecule has 0 radical (unpaired) electrons. The van der Waals surface area contributed by atoms with Gasteiger partial charge in [-0.05, 0) is 74.7 Å². The van der Waals surface area contributed by atoms with Crippen LogP contribution in [0.3, 0.4) is 0 Å². The zero-order valence-electron chi connectivity index (χ0n) is 13.8. The van der Waals surface area contributed by atoms with Gasteiger partial charge in [0.25, 0.3) is 0 Å². The van der Waals surface area contributed by atoms with E-state index in [1.165, 1.54) is 11.1 Å². The number of hydrogen-bond acceptors (Lipinski definition) is 2. The van der Waals surface area contributed by atoms with Crippen LogP contribution in [-0.2, 0) is 4.79 Å². The molecule has 0 saturated heterocycles. The summed E-state index contributed by atoms with van der Waals surface area (Å²) in [4.78, 5) is 12.6. The van der Waals surface area contributed by atoms with Crippen LogP contribution in [-0.4, -0.2) is 5.91 Å². The third-order valence-electron chi connectivity index (χ3n) is 4.69. The first-order valence-electron chi connectivity index (χ1n) is 7.74. The smallest absolute Gasteiger partial charge is 0.232 e. The van der Waals surface area contributed by atoms with E-state index in [1.54, 1.807) is 0 Å². The van der Waals surface area contributed by atoms with Gasteiger partial charge < -0.3 is 10.6 Å². The van der Waals surface area contributed by atoms with Crippen LogP contribution in [0.2, 0.25) is 0 Å². The van der Waals surface area contributed by atoms with Gasteiger partial charge in [0, 0.05) is 15.8 Å². The molecule has 0 fully saturated rings. The summed E-state index contributed by atoms with van der Waals surface area (Å²) in [6.07, 6.45) is 0. The average Bonchev–Trinajstić information content (AvgIpc) is 2.49. The first-order valence-corrected chi connectivity index (χ1v) is 8.53. The van der Waals surface area contributed by atoms with Crippen molar-refractivity contribution in [3.05, 3.63) is 57.6 Å².